The maximum Gasteiger partial charge on any atom is 0.0783 e. The van der Waals surface area contributed by atoms with Crippen molar-refractivity contribution in [3.8, 4) is 0 Å². The zero-order chi connectivity index (χ0) is 5.98. The maximum atomic E-state index is 5.30. The fourth-order valence-corrected chi connectivity index (χ4v) is 0.827. The smallest absolute Gasteiger partial charge is 0.0783 e. The summed E-state index contributed by atoms with van der Waals surface area (Å²) >= 11 is 0. The van der Waals surface area contributed by atoms with Crippen LogP contribution in [0.1, 0.15) is 13.8 Å². The van der Waals surface area contributed by atoms with Gasteiger partial charge in [-0.2, -0.15) is 0 Å². The molecule has 46 valence electrons. The lowest BCUT2D eigenvalue weighted by Gasteiger charge is -2.10. The van der Waals surface area contributed by atoms with Crippen LogP contribution in [-0.4, -0.2) is 12.7 Å². The number of ether oxygens (including phenoxy) is 1. The molecule has 0 aromatic rings. The summed E-state index contributed by atoms with van der Waals surface area (Å²) in [6, 6.07) is 0. The van der Waals surface area contributed by atoms with Gasteiger partial charge in [0.2, 0.25) is 0 Å². The van der Waals surface area contributed by atoms with E-state index in [-0.39, 0.29) is 0 Å². The van der Waals surface area contributed by atoms with Crippen LogP contribution in [0.25, 0.3) is 0 Å². The molecule has 1 unspecified atom stereocenters. The summed E-state index contributed by atoms with van der Waals surface area (Å²) in [6.07, 6.45) is 4.59. The summed E-state index contributed by atoms with van der Waals surface area (Å²) in [5.74, 6) is 0.633. The fraction of sp³-hybridized carbons (Fsp3) is 0.714. The number of hydrogen-bond donors (Lipinski definition) is 0. The molecule has 0 aliphatic carbocycles. The lowest BCUT2D eigenvalue weighted by Crippen LogP contribution is -2.11. The largest absolute Gasteiger partial charge is 0.370 e. The van der Waals surface area contributed by atoms with Gasteiger partial charge < -0.3 is 4.74 Å². The van der Waals surface area contributed by atoms with E-state index in [9.17, 15) is 0 Å². The van der Waals surface area contributed by atoms with Crippen LogP contribution in [0.15, 0.2) is 12.2 Å². The van der Waals surface area contributed by atoms with E-state index < -0.39 is 0 Å². The molecule has 0 fully saturated rings. The zero-order valence-electron chi connectivity index (χ0n) is 5.42. The van der Waals surface area contributed by atoms with Crippen molar-refractivity contribution in [2.45, 2.75) is 20.0 Å². The van der Waals surface area contributed by atoms with E-state index in [4.69, 9.17) is 4.74 Å². The van der Waals surface area contributed by atoms with Crippen molar-refractivity contribution >= 4 is 0 Å². The van der Waals surface area contributed by atoms with E-state index in [2.05, 4.69) is 26.0 Å². The van der Waals surface area contributed by atoms with E-state index in [0.29, 0.717) is 12.0 Å². The van der Waals surface area contributed by atoms with Crippen molar-refractivity contribution in [1.29, 1.82) is 0 Å². The Bertz CT molecular complexity index is 94.6. The molecule has 1 aliphatic heterocycles. The highest BCUT2D eigenvalue weighted by molar-refractivity contribution is 4.96. The van der Waals surface area contributed by atoms with Crippen LogP contribution in [0.4, 0.5) is 0 Å². The van der Waals surface area contributed by atoms with E-state index >= 15 is 0 Å². The molecule has 0 saturated carbocycles. The lowest BCUT2D eigenvalue weighted by molar-refractivity contribution is 0.0936. The van der Waals surface area contributed by atoms with E-state index in [0.717, 1.165) is 6.61 Å². The molecule has 1 heteroatoms. The predicted molar refractivity (Wildman–Crippen MR) is 33.7 cm³/mol. The Kier molecular flexibility index (Phi) is 1.69. The second-order valence-corrected chi connectivity index (χ2v) is 2.47. The van der Waals surface area contributed by atoms with Gasteiger partial charge in [-0.3, -0.25) is 0 Å². The third kappa shape index (κ3) is 1.10. The maximum absolute atomic E-state index is 5.30. The fourth-order valence-electron chi connectivity index (χ4n) is 0.827. The van der Waals surface area contributed by atoms with E-state index in [1.54, 1.807) is 0 Å². The van der Waals surface area contributed by atoms with Gasteiger partial charge in [-0.25, -0.2) is 0 Å². The third-order valence-electron chi connectivity index (χ3n) is 1.37. The standard InChI is InChI=1S/C7H12O/c1-6(2)7-4-3-5-8-7/h3-4,6-7H,5H2,1-2H3. The quantitative estimate of drug-likeness (QED) is 0.468. The Morgan fingerprint density at radius 3 is 2.62 bits per heavy atom. The first-order valence-electron chi connectivity index (χ1n) is 3.09. The molecule has 0 spiro atoms. The van der Waals surface area contributed by atoms with Crippen molar-refractivity contribution < 1.29 is 4.74 Å². The van der Waals surface area contributed by atoms with Gasteiger partial charge in [-0.1, -0.05) is 26.0 Å². The van der Waals surface area contributed by atoms with Crippen molar-refractivity contribution in [1.82, 2.24) is 0 Å². The molecule has 0 aromatic carbocycles. The van der Waals surface area contributed by atoms with Crippen molar-refractivity contribution in [3.05, 3.63) is 12.2 Å². The highest BCUT2D eigenvalue weighted by Crippen LogP contribution is 2.12. The molecule has 1 heterocycles. The van der Waals surface area contributed by atoms with Gasteiger partial charge in [0.15, 0.2) is 0 Å². The Labute approximate surface area is 50.3 Å². The van der Waals surface area contributed by atoms with Crippen LogP contribution in [0, 0.1) is 5.92 Å². The first-order valence-corrected chi connectivity index (χ1v) is 3.09. The molecule has 1 rings (SSSR count). The van der Waals surface area contributed by atoms with E-state index in [1.807, 2.05) is 0 Å². The number of rotatable bonds is 1. The second kappa shape index (κ2) is 2.31. The van der Waals surface area contributed by atoms with Gasteiger partial charge in [0.1, 0.15) is 0 Å². The van der Waals surface area contributed by atoms with Gasteiger partial charge in [0, 0.05) is 0 Å². The normalized spacial score (nSPS) is 27.6. The van der Waals surface area contributed by atoms with Crippen LogP contribution in [0.3, 0.4) is 0 Å². The monoisotopic (exact) mass is 112 g/mol. The van der Waals surface area contributed by atoms with Crippen LogP contribution in [0.5, 0.6) is 0 Å². The molecule has 0 amide bonds. The molecule has 0 saturated heterocycles. The molecule has 1 nitrogen and oxygen atoms in total. The van der Waals surface area contributed by atoms with Crippen LogP contribution in [0.2, 0.25) is 0 Å². The molecule has 8 heavy (non-hydrogen) atoms. The van der Waals surface area contributed by atoms with Crippen LogP contribution < -0.4 is 0 Å². The lowest BCUT2D eigenvalue weighted by atomic mass is 10.1. The van der Waals surface area contributed by atoms with Gasteiger partial charge in [-0.15, -0.1) is 0 Å². The minimum absolute atomic E-state index is 0.384. The van der Waals surface area contributed by atoms with Crippen molar-refractivity contribution in [2.24, 2.45) is 5.92 Å². The van der Waals surface area contributed by atoms with Crippen LogP contribution >= 0.6 is 0 Å². The summed E-state index contributed by atoms with van der Waals surface area (Å²) in [5, 5.41) is 0. The zero-order valence-corrected chi connectivity index (χ0v) is 5.42. The van der Waals surface area contributed by atoms with Gasteiger partial charge in [0.05, 0.1) is 12.7 Å². The average molecular weight is 112 g/mol. The number of hydrogen-bond acceptors (Lipinski definition) is 1. The molecule has 0 bridgehead atoms. The Hall–Kier alpha value is -0.300. The summed E-state index contributed by atoms with van der Waals surface area (Å²) in [6.45, 7) is 5.14. The Morgan fingerprint density at radius 1 is 1.62 bits per heavy atom. The minimum Gasteiger partial charge on any atom is -0.370 e. The van der Waals surface area contributed by atoms with Crippen LogP contribution in [-0.2, 0) is 4.74 Å². The summed E-state index contributed by atoms with van der Waals surface area (Å²) < 4.78 is 5.30. The van der Waals surface area contributed by atoms with Crippen molar-refractivity contribution in [2.75, 3.05) is 6.61 Å². The molecular weight excluding hydrogens is 100 g/mol. The highest BCUT2D eigenvalue weighted by atomic mass is 16.5. The summed E-state index contributed by atoms with van der Waals surface area (Å²) in [5.41, 5.74) is 0. The summed E-state index contributed by atoms with van der Waals surface area (Å²) in [4.78, 5) is 0. The molecule has 1 atom stereocenters. The highest BCUT2D eigenvalue weighted by Gasteiger charge is 2.12. The SMILES string of the molecule is CC(C)C1C=CCO1. The third-order valence-corrected chi connectivity index (χ3v) is 1.37. The molecular formula is C7H12O. The molecule has 0 aromatic heterocycles. The topological polar surface area (TPSA) is 9.23 Å². The molecule has 0 N–H and O–H groups in total. The van der Waals surface area contributed by atoms with Gasteiger partial charge in [0.25, 0.3) is 0 Å². The second-order valence-electron chi connectivity index (χ2n) is 2.47. The van der Waals surface area contributed by atoms with Gasteiger partial charge >= 0.3 is 0 Å². The molecule has 1 aliphatic rings. The molecule has 0 radical (unpaired) electrons. The Balaban J connectivity index is 2.36. The minimum atomic E-state index is 0.384. The van der Waals surface area contributed by atoms with Gasteiger partial charge in [-0.05, 0) is 5.92 Å². The first-order chi connectivity index (χ1) is 3.80. The Morgan fingerprint density at radius 2 is 2.38 bits per heavy atom. The van der Waals surface area contributed by atoms with Crippen molar-refractivity contribution in [3.63, 3.8) is 0 Å². The average Bonchev–Trinajstić information content (AvgIpc) is 2.12. The van der Waals surface area contributed by atoms with E-state index in [1.165, 1.54) is 0 Å². The first kappa shape index (κ1) is 5.83. The predicted octanol–water partition coefficient (Wildman–Crippen LogP) is 1.60. The summed E-state index contributed by atoms with van der Waals surface area (Å²) in [7, 11) is 0.